The fourth-order valence-electron chi connectivity index (χ4n) is 1.42. The molecule has 0 atom stereocenters. The third-order valence-corrected chi connectivity index (χ3v) is 4.04. The van der Waals surface area contributed by atoms with Crippen molar-refractivity contribution in [2.45, 2.75) is 27.7 Å². The van der Waals surface area contributed by atoms with Gasteiger partial charge in [0, 0.05) is 24.3 Å². The summed E-state index contributed by atoms with van der Waals surface area (Å²) in [6.07, 6.45) is 1.67. The van der Waals surface area contributed by atoms with Crippen LogP contribution in [-0.4, -0.2) is 24.5 Å². The van der Waals surface area contributed by atoms with Crippen LogP contribution in [0.5, 0.6) is 0 Å². The molecule has 106 valence electrons. The first-order valence-corrected chi connectivity index (χ1v) is 7.18. The number of amides is 1. The number of nitrogens with one attached hydrogen (secondary N) is 2. The Labute approximate surface area is 123 Å². The molecular formula is C14H22BrN3O. The molecule has 0 aromatic carbocycles. The Kier molecular flexibility index (Phi) is 5.35. The van der Waals surface area contributed by atoms with Crippen molar-refractivity contribution in [2.75, 3.05) is 18.9 Å². The molecule has 1 aromatic rings. The molecule has 0 aliphatic carbocycles. The van der Waals surface area contributed by atoms with Gasteiger partial charge in [-0.05, 0) is 33.3 Å². The highest BCUT2D eigenvalue weighted by atomic mass is 79.9. The quantitative estimate of drug-likeness (QED) is 0.872. The van der Waals surface area contributed by atoms with E-state index in [9.17, 15) is 4.79 Å². The zero-order valence-corrected chi connectivity index (χ0v) is 13.8. The summed E-state index contributed by atoms with van der Waals surface area (Å²) in [6.45, 7) is 9.25. The molecule has 0 saturated carbocycles. The summed E-state index contributed by atoms with van der Waals surface area (Å²) >= 11 is 3.34. The number of rotatable bonds is 5. The summed E-state index contributed by atoms with van der Waals surface area (Å²) in [5.41, 5.74) is 0.617. The van der Waals surface area contributed by atoms with Gasteiger partial charge < -0.3 is 10.6 Å². The molecule has 0 aliphatic rings. The SMILES string of the molecule is CNc1ncc(Br)cc1C(=O)NCC(C)(C)C(C)C. The monoisotopic (exact) mass is 327 g/mol. The lowest BCUT2D eigenvalue weighted by Crippen LogP contribution is -2.37. The average Bonchev–Trinajstić information content (AvgIpc) is 2.35. The molecule has 4 nitrogen and oxygen atoms in total. The summed E-state index contributed by atoms with van der Waals surface area (Å²) in [7, 11) is 1.76. The molecule has 5 heteroatoms. The Morgan fingerprint density at radius 2 is 2.11 bits per heavy atom. The van der Waals surface area contributed by atoms with Gasteiger partial charge in [-0.15, -0.1) is 0 Å². The second kappa shape index (κ2) is 6.37. The van der Waals surface area contributed by atoms with E-state index in [0.717, 1.165) is 4.47 Å². The van der Waals surface area contributed by atoms with Gasteiger partial charge in [0.05, 0.1) is 5.56 Å². The van der Waals surface area contributed by atoms with Gasteiger partial charge in [0.2, 0.25) is 0 Å². The molecule has 0 saturated heterocycles. The molecule has 0 spiro atoms. The number of carbonyl (C=O) groups is 1. The van der Waals surface area contributed by atoms with Crippen molar-refractivity contribution in [1.29, 1.82) is 0 Å². The number of hydrogen-bond acceptors (Lipinski definition) is 3. The Bertz CT molecular complexity index is 458. The van der Waals surface area contributed by atoms with Crippen molar-refractivity contribution in [3.8, 4) is 0 Å². The molecule has 19 heavy (non-hydrogen) atoms. The van der Waals surface area contributed by atoms with Crippen LogP contribution in [0.15, 0.2) is 16.7 Å². The Balaban J connectivity index is 2.82. The fraction of sp³-hybridized carbons (Fsp3) is 0.571. The minimum Gasteiger partial charge on any atom is -0.372 e. The number of pyridine rings is 1. The van der Waals surface area contributed by atoms with Gasteiger partial charge in [-0.2, -0.15) is 0 Å². The van der Waals surface area contributed by atoms with Crippen LogP contribution in [0.2, 0.25) is 0 Å². The number of anilines is 1. The topological polar surface area (TPSA) is 54.0 Å². The van der Waals surface area contributed by atoms with Crippen LogP contribution in [0.3, 0.4) is 0 Å². The van der Waals surface area contributed by atoms with E-state index in [1.54, 1.807) is 19.3 Å². The zero-order chi connectivity index (χ0) is 14.6. The van der Waals surface area contributed by atoms with Gasteiger partial charge in [0.15, 0.2) is 0 Å². The van der Waals surface area contributed by atoms with Gasteiger partial charge in [-0.1, -0.05) is 27.7 Å². The van der Waals surface area contributed by atoms with E-state index in [1.165, 1.54) is 0 Å². The Hall–Kier alpha value is -1.10. The van der Waals surface area contributed by atoms with Crippen LogP contribution >= 0.6 is 15.9 Å². The normalized spacial score (nSPS) is 11.5. The zero-order valence-electron chi connectivity index (χ0n) is 12.2. The fourth-order valence-corrected chi connectivity index (χ4v) is 1.75. The molecule has 0 aliphatic heterocycles. The maximum atomic E-state index is 12.2. The minimum absolute atomic E-state index is 0.0644. The number of aromatic nitrogens is 1. The van der Waals surface area contributed by atoms with Crippen molar-refractivity contribution in [3.63, 3.8) is 0 Å². The Morgan fingerprint density at radius 1 is 1.47 bits per heavy atom. The first-order chi connectivity index (χ1) is 8.77. The number of nitrogens with zero attached hydrogens (tertiary/aromatic N) is 1. The van der Waals surface area contributed by atoms with Crippen molar-refractivity contribution < 1.29 is 4.79 Å². The van der Waals surface area contributed by atoms with Crippen LogP contribution < -0.4 is 10.6 Å². The second-order valence-electron chi connectivity index (χ2n) is 5.63. The van der Waals surface area contributed by atoms with Crippen molar-refractivity contribution >= 4 is 27.7 Å². The summed E-state index contributed by atoms with van der Waals surface area (Å²) in [6, 6.07) is 1.77. The molecule has 0 bridgehead atoms. The predicted octanol–water partition coefficient (Wildman–Crippen LogP) is 3.30. The molecule has 2 N–H and O–H groups in total. The molecule has 0 unspecified atom stereocenters. The van der Waals surface area contributed by atoms with Crippen LogP contribution in [0.25, 0.3) is 0 Å². The molecule has 1 aromatic heterocycles. The van der Waals surface area contributed by atoms with Crippen molar-refractivity contribution in [3.05, 3.63) is 22.3 Å². The van der Waals surface area contributed by atoms with Gasteiger partial charge in [0.1, 0.15) is 5.82 Å². The van der Waals surface area contributed by atoms with E-state index in [1.807, 2.05) is 0 Å². The third kappa shape index (κ3) is 4.20. The second-order valence-corrected chi connectivity index (χ2v) is 6.54. The highest BCUT2D eigenvalue weighted by Gasteiger charge is 2.23. The van der Waals surface area contributed by atoms with Crippen LogP contribution in [-0.2, 0) is 0 Å². The highest BCUT2D eigenvalue weighted by molar-refractivity contribution is 9.10. The average molecular weight is 328 g/mol. The first kappa shape index (κ1) is 16.0. The maximum Gasteiger partial charge on any atom is 0.255 e. The van der Waals surface area contributed by atoms with Crippen molar-refractivity contribution in [1.82, 2.24) is 10.3 Å². The highest BCUT2D eigenvalue weighted by Crippen LogP contribution is 2.25. The van der Waals surface area contributed by atoms with E-state index < -0.39 is 0 Å². The lowest BCUT2D eigenvalue weighted by Gasteiger charge is -2.29. The summed E-state index contributed by atoms with van der Waals surface area (Å²) in [4.78, 5) is 16.4. The van der Waals surface area contributed by atoms with Crippen LogP contribution in [0.4, 0.5) is 5.82 Å². The Morgan fingerprint density at radius 3 is 2.63 bits per heavy atom. The molecule has 0 fully saturated rings. The van der Waals surface area contributed by atoms with E-state index in [4.69, 9.17) is 0 Å². The number of carbonyl (C=O) groups excluding carboxylic acids is 1. The summed E-state index contributed by atoms with van der Waals surface area (Å²) in [5, 5.41) is 5.91. The lowest BCUT2D eigenvalue weighted by molar-refractivity contribution is 0.0925. The van der Waals surface area contributed by atoms with E-state index in [0.29, 0.717) is 23.8 Å². The van der Waals surface area contributed by atoms with Crippen molar-refractivity contribution in [2.24, 2.45) is 11.3 Å². The van der Waals surface area contributed by atoms with E-state index >= 15 is 0 Å². The van der Waals surface area contributed by atoms with Gasteiger partial charge in [-0.25, -0.2) is 4.98 Å². The lowest BCUT2D eigenvalue weighted by atomic mass is 9.81. The van der Waals surface area contributed by atoms with Gasteiger partial charge >= 0.3 is 0 Å². The van der Waals surface area contributed by atoms with Crippen LogP contribution in [0, 0.1) is 11.3 Å². The number of halogens is 1. The maximum absolute atomic E-state index is 12.2. The minimum atomic E-state index is -0.105. The summed E-state index contributed by atoms with van der Waals surface area (Å²) in [5.74, 6) is 0.979. The molecule has 1 amide bonds. The third-order valence-electron chi connectivity index (χ3n) is 3.60. The summed E-state index contributed by atoms with van der Waals surface area (Å²) < 4.78 is 0.791. The van der Waals surface area contributed by atoms with Gasteiger partial charge in [0.25, 0.3) is 5.91 Å². The van der Waals surface area contributed by atoms with E-state index in [2.05, 4.69) is 59.2 Å². The van der Waals surface area contributed by atoms with Crippen LogP contribution in [0.1, 0.15) is 38.1 Å². The smallest absolute Gasteiger partial charge is 0.255 e. The molecule has 1 heterocycles. The largest absolute Gasteiger partial charge is 0.372 e. The number of hydrogen-bond donors (Lipinski definition) is 2. The molecule has 0 radical (unpaired) electrons. The molecule has 1 rings (SSSR count). The van der Waals surface area contributed by atoms with Gasteiger partial charge in [-0.3, -0.25) is 4.79 Å². The molecular weight excluding hydrogens is 306 g/mol. The first-order valence-electron chi connectivity index (χ1n) is 6.39. The predicted molar refractivity (Wildman–Crippen MR) is 82.4 cm³/mol. The standard InChI is InChI=1S/C14H22BrN3O/c1-9(2)14(3,4)8-18-13(19)11-6-10(15)7-17-12(11)16-5/h6-7,9H,8H2,1-5H3,(H,16,17)(H,18,19). The van der Waals surface area contributed by atoms with E-state index in [-0.39, 0.29) is 11.3 Å².